The molecule has 0 atom stereocenters. The summed E-state index contributed by atoms with van der Waals surface area (Å²) in [4.78, 5) is 20.4. The van der Waals surface area contributed by atoms with Gasteiger partial charge in [0.1, 0.15) is 5.69 Å². The summed E-state index contributed by atoms with van der Waals surface area (Å²) in [5, 5.41) is 7.19. The molecule has 3 aromatic heterocycles. The lowest BCUT2D eigenvalue weighted by Gasteiger charge is -2.08. The van der Waals surface area contributed by atoms with Crippen molar-refractivity contribution in [2.24, 2.45) is 0 Å². The topological polar surface area (TPSA) is 72.7 Å². The fraction of sp³-hybridized carbons (Fsp3) is 0. The first-order valence-corrected chi connectivity index (χ1v) is 6.98. The van der Waals surface area contributed by atoms with Gasteiger partial charge in [-0.3, -0.25) is 9.78 Å². The van der Waals surface area contributed by atoms with Crippen LogP contribution in [0.1, 0.15) is 10.5 Å². The third-order valence-electron chi connectivity index (χ3n) is 2.79. The van der Waals surface area contributed by atoms with Crippen molar-refractivity contribution >= 4 is 34.8 Å². The number of rotatable bonds is 3. The standard InChI is InChI=1S/C14H9Cl2N5O/c15-9-7-17-8-11(13(9)16)20-14(22)10-3-1-4-12(19-10)21-6-2-5-18-21/h1-8H,(H,20,22). The van der Waals surface area contributed by atoms with Crippen LogP contribution < -0.4 is 5.32 Å². The Kier molecular flexibility index (Phi) is 4.04. The summed E-state index contributed by atoms with van der Waals surface area (Å²) in [6.45, 7) is 0. The molecule has 0 saturated carbocycles. The van der Waals surface area contributed by atoms with Crippen LogP contribution in [-0.4, -0.2) is 25.7 Å². The number of amides is 1. The first-order chi connectivity index (χ1) is 10.6. The third-order valence-corrected chi connectivity index (χ3v) is 3.58. The fourth-order valence-corrected chi connectivity index (χ4v) is 2.08. The summed E-state index contributed by atoms with van der Waals surface area (Å²) in [5.74, 6) is 0.118. The molecule has 1 amide bonds. The number of carbonyl (C=O) groups is 1. The Morgan fingerprint density at radius 2 is 2.05 bits per heavy atom. The smallest absolute Gasteiger partial charge is 0.274 e. The van der Waals surface area contributed by atoms with E-state index in [-0.39, 0.29) is 15.7 Å². The van der Waals surface area contributed by atoms with Crippen LogP contribution in [-0.2, 0) is 0 Å². The zero-order chi connectivity index (χ0) is 15.5. The zero-order valence-electron chi connectivity index (χ0n) is 11.1. The minimum absolute atomic E-state index is 0.226. The van der Waals surface area contributed by atoms with E-state index in [0.717, 1.165) is 0 Å². The number of hydrogen-bond acceptors (Lipinski definition) is 4. The summed E-state index contributed by atoms with van der Waals surface area (Å²) in [7, 11) is 0. The maximum absolute atomic E-state index is 12.3. The highest BCUT2D eigenvalue weighted by Gasteiger charge is 2.13. The lowest BCUT2D eigenvalue weighted by molar-refractivity contribution is 0.102. The van der Waals surface area contributed by atoms with Crippen molar-refractivity contribution in [3.05, 3.63) is 64.8 Å². The molecule has 0 fully saturated rings. The van der Waals surface area contributed by atoms with Crippen molar-refractivity contribution in [1.29, 1.82) is 0 Å². The summed E-state index contributed by atoms with van der Waals surface area (Å²) >= 11 is 11.9. The highest BCUT2D eigenvalue weighted by molar-refractivity contribution is 6.43. The molecule has 0 aliphatic heterocycles. The minimum Gasteiger partial charge on any atom is -0.318 e. The average Bonchev–Trinajstić information content (AvgIpc) is 3.06. The van der Waals surface area contributed by atoms with E-state index in [1.165, 1.54) is 12.4 Å². The number of aromatic nitrogens is 4. The van der Waals surface area contributed by atoms with Gasteiger partial charge >= 0.3 is 0 Å². The van der Waals surface area contributed by atoms with Crippen LogP contribution in [0, 0.1) is 0 Å². The molecular formula is C14H9Cl2N5O. The van der Waals surface area contributed by atoms with E-state index >= 15 is 0 Å². The fourth-order valence-electron chi connectivity index (χ4n) is 1.77. The molecule has 22 heavy (non-hydrogen) atoms. The predicted octanol–water partition coefficient (Wildman–Crippen LogP) is 3.22. The van der Waals surface area contributed by atoms with Gasteiger partial charge in [0.05, 0.1) is 21.9 Å². The molecule has 0 spiro atoms. The van der Waals surface area contributed by atoms with Crippen LogP contribution in [0.2, 0.25) is 10.0 Å². The first kappa shape index (κ1) is 14.5. The van der Waals surface area contributed by atoms with E-state index in [4.69, 9.17) is 23.2 Å². The predicted molar refractivity (Wildman–Crippen MR) is 83.6 cm³/mol. The van der Waals surface area contributed by atoms with E-state index in [1.807, 2.05) is 0 Å². The molecular weight excluding hydrogens is 325 g/mol. The summed E-state index contributed by atoms with van der Waals surface area (Å²) < 4.78 is 1.56. The second kappa shape index (κ2) is 6.13. The molecule has 3 heterocycles. The van der Waals surface area contributed by atoms with Crippen LogP contribution in [0.15, 0.2) is 49.1 Å². The Morgan fingerprint density at radius 3 is 2.82 bits per heavy atom. The van der Waals surface area contributed by atoms with E-state index in [9.17, 15) is 4.79 Å². The quantitative estimate of drug-likeness (QED) is 0.798. The molecule has 0 saturated heterocycles. The molecule has 3 aromatic rings. The van der Waals surface area contributed by atoms with Gasteiger partial charge in [-0.25, -0.2) is 9.67 Å². The van der Waals surface area contributed by atoms with Gasteiger partial charge in [0.25, 0.3) is 5.91 Å². The molecule has 6 nitrogen and oxygen atoms in total. The largest absolute Gasteiger partial charge is 0.318 e. The van der Waals surface area contributed by atoms with Crippen molar-refractivity contribution in [3.63, 3.8) is 0 Å². The molecule has 0 aliphatic carbocycles. The molecule has 0 unspecified atom stereocenters. The van der Waals surface area contributed by atoms with Gasteiger partial charge in [0.2, 0.25) is 0 Å². The number of halogens is 2. The van der Waals surface area contributed by atoms with E-state index < -0.39 is 5.91 Å². The van der Waals surface area contributed by atoms with E-state index in [0.29, 0.717) is 11.5 Å². The molecule has 0 bridgehead atoms. The van der Waals surface area contributed by atoms with Gasteiger partial charge in [-0.15, -0.1) is 0 Å². The lowest BCUT2D eigenvalue weighted by atomic mass is 10.3. The maximum atomic E-state index is 12.3. The zero-order valence-corrected chi connectivity index (χ0v) is 12.6. The van der Waals surface area contributed by atoms with Crippen LogP contribution in [0.25, 0.3) is 5.82 Å². The monoisotopic (exact) mass is 333 g/mol. The van der Waals surface area contributed by atoms with Crippen molar-refractivity contribution in [3.8, 4) is 5.82 Å². The summed E-state index contributed by atoms with van der Waals surface area (Å²) in [6.07, 6.45) is 6.19. The second-order valence-corrected chi connectivity index (χ2v) is 5.05. The molecule has 1 N–H and O–H groups in total. The Morgan fingerprint density at radius 1 is 1.18 bits per heavy atom. The number of hydrogen-bond donors (Lipinski definition) is 1. The van der Waals surface area contributed by atoms with Crippen molar-refractivity contribution in [2.75, 3.05) is 5.32 Å². The highest BCUT2D eigenvalue weighted by atomic mass is 35.5. The normalized spacial score (nSPS) is 10.5. The van der Waals surface area contributed by atoms with Crippen LogP contribution in [0.3, 0.4) is 0 Å². The summed E-state index contributed by atoms with van der Waals surface area (Å²) in [6, 6.07) is 6.83. The molecule has 0 aromatic carbocycles. The molecule has 3 rings (SSSR count). The summed E-state index contributed by atoms with van der Waals surface area (Å²) in [5.41, 5.74) is 0.550. The maximum Gasteiger partial charge on any atom is 0.274 e. The molecule has 110 valence electrons. The van der Waals surface area contributed by atoms with Gasteiger partial charge < -0.3 is 5.32 Å². The Bertz CT molecular complexity index is 820. The van der Waals surface area contributed by atoms with Crippen LogP contribution in [0.5, 0.6) is 0 Å². The minimum atomic E-state index is -0.417. The van der Waals surface area contributed by atoms with Gasteiger partial charge in [0.15, 0.2) is 5.82 Å². The van der Waals surface area contributed by atoms with Gasteiger partial charge in [-0.2, -0.15) is 5.10 Å². The van der Waals surface area contributed by atoms with Crippen LogP contribution in [0.4, 0.5) is 5.69 Å². The molecule has 0 radical (unpaired) electrons. The number of carbonyl (C=O) groups excluding carboxylic acids is 1. The van der Waals surface area contributed by atoms with Crippen LogP contribution >= 0.6 is 23.2 Å². The first-order valence-electron chi connectivity index (χ1n) is 6.22. The average molecular weight is 334 g/mol. The molecule has 8 heteroatoms. The number of pyridine rings is 2. The Balaban J connectivity index is 1.87. The third kappa shape index (κ3) is 2.93. The van der Waals surface area contributed by atoms with E-state index in [2.05, 4.69) is 20.4 Å². The number of nitrogens with one attached hydrogen (secondary N) is 1. The van der Waals surface area contributed by atoms with Gasteiger partial charge in [-0.1, -0.05) is 29.3 Å². The Labute approximate surface area is 135 Å². The van der Waals surface area contributed by atoms with Crippen molar-refractivity contribution < 1.29 is 4.79 Å². The number of nitrogens with zero attached hydrogens (tertiary/aromatic N) is 4. The second-order valence-electron chi connectivity index (χ2n) is 4.27. The lowest BCUT2D eigenvalue weighted by Crippen LogP contribution is -2.15. The molecule has 0 aliphatic rings. The van der Waals surface area contributed by atoms with E-state index in [1.54, 1.807) is 41.3 Å². The van der Waals surface area contributed by atoms with Gasteiger partial charge in [-0.05, 0) is 18.2 Å². The van der Waals surface area contributed by atoms with Gasteiger partial charge in [0, 0.05) is 18.6 Å². The van der Waals surface area contributed by atoms with Crippen molar-refractivity contribution in [2.45, 2.75) is 0 Å². The Hall–Kier alpha value is -2.44. The van der Waals surface area contributed by atoms with Crippen molar-refractivity contribution in [1.82, 2.24) is 19.7 Å². The SMILES string of the molecule is O=C(Nc1cncc(Cl)c1Cl)c1cccc(-n2cccn2)n1. The number of anilines is 1. The highest BCUT2D eigenvalue weighted by Crippen LogP contribution is 2.28.